The third kappa shape index (κ3) is 2.26. The second-order valence-corrected chi connectivity index (χ2v) is 5.89. The fraction of sp³-hybridized carbons (Fsp3) is 0.188. The van der Waals surface area contributed by atoms with Crippen molar-refractivity contribution < 1.29 is 19.1 Å². The Morgan fingerprint density at radius 1 is 1.31 bits per heavy atom. The highest BCUT2D eigenvalue weighted by Crippen LogP contribution is 2.30. The second-order valence-electron chi connectivity index (χ2n) is 5.89. The van der Waals surface area contributed by atoms with Crippen molar-refractivity contribution in [2.45, 2.75) is 6.54 Å². The number of aliphatic imine (C=N–C) groups is 1. The molecule has 10 heteroatoms. The Bertz CT molecular complexity index is 1130. The lowest BCUT2D eigenvalue weighted by Gasteiger charge is -2.12. The number of fused-ring (bicyclic) bond motifs is 2. The number of rotatable bonds is 3. The highest BCUT2D eigenvalue weighted by atomic mass is 19.1. The molecule has 26 heavy (non-hydrogen) atoms. The summed E-state index contributed by atoms with van der Waals surface area (Å²) in [6.45, 7) is 0.502. The zero-order valence-electron chi connectivity index (χ0n) is 13.6. The molecule has 0 saturated carbocycles. The summed E-state index contributed by atoms with van der Waals surface area (Å²) in [6.07, 6.45) is 1.54. The summed E-state index contributed by atoms with van der Waals surface area (Å²) in [7, 11) is 1.67. The quantitative estimate of drug-likeness (QED) is 0.709. The summed E-state index contributed by atoms with van der Waals surface area (Å²) in [5.41, 5.74) is 5.91. The first kappa shape index (κ1) is 15.9. The number of hydrogen-bond donors (Lipinski definition) is 2. The van der Waals surface area contributed by atoms with Crippen molar-refractivity contribution in [1.82, 2.24) is 19.6 Å². The molecule has 0 atom stereocenters. The highest BCUT2D eigenvalue weighted by molar-refractivity contribution is 6.43. The van der Waals surface area contributed by atoms with E-state index in [1.807, 2.05) is 0 Å². The third-order valence-electron chi connectivity index (χ3n) is 4.17. The average molecular weight is 356 g/mol. The van der Waals surface area contributed by atoms with Crippen LogP contribution in [0.5, 0.6) is 0 Å². The predicted molar refractivity (Wildman–Crippen MR) is 89.5 cm³/mol. The predicted octanol–water partition coefficient (Wildman–Crippen LogP) is 0.562. The Morgan fingerprint density at radius 2 is 2.08 bits per heavy atom. The molecule has 4 rings (SSSR count). The lowest BCUT2D eigenvalue weighted by Crippen LogP contribution is -2.28. The molecule has 2 aromatic heterocycles. The van der Waals surface area contributed by atoms with Crippen LogP contribution < -0.4 is 5.73 Å². The van der Waals surface area contributed by atoms with E-state index in [0.29, 0.717) is 17.4 Å². The zero-order valence-corrected chi connectivity index (χ0v) is 13.6. The number of aromatic nitrogens is 4. The molecule has 132 valence electrons. The molecular formula is C16H13FN6O3. The maximum absolute atomic E-state index is 14.4. The van der Waals surface area contributed by atoms with E-state index < -0.39 is 17.7 Å². The first-order valence-corrected chi connectivity index (χ1v) is 7.69. The number of hydrogen-bond acceptors (Lipinski definition) is 5. The molecule has 3 aromatic rings. The lowest BCUT2D eigenvalue weighted by atomic mass is 10.0. The molecule has 0 spiro atoms. The summed E-state index contributed by atoms with van der Waals surface area (Å²) in [4.78, 5) is 27.5. The number of primary amides is 1. The number of amides is 1. The third-order valence-corrected chi connectivity index (χ3v) is 4.17. The van der Waals surface area contributed by atoms with E-state index in [1.165, 1.54) is 21.6 Å². The monoisotopic (exact) mass is 356 g/mol. The van der Waals surface area contributed by atoms with Crippen LogP contribution in [0.25, 0.3) is 22.2 Å². The molecule has 1 aromatic carbocycles. The molecule has 1 aliphatic heterocycles. The molecule has 0 unspecified atom stereocenters. The van der Waals surface area contributed by atoms with Crippen molar-refractivity contribution in [1.29, 1.82) is 0 Å². The summed E-state index contributed by atoms with van der Waals surface area (Å²) in [5, 5.41) is 18.2. The van der Waals surface area contributed by atoms with Gasteiger partial charge in [0.1, 0.15) is 17.2 Å². The van der Waals surface area contributed by atoms with Gasteiger partial charge in [-0.15, -0.1) is 0 Å². The molecule has 1 aliphatic rings. The SMILES string of the molecule is Cn1cc2c(F)cc(-c3nn4c(c3C(N)=O)C(C(=O)O)=NCC4)cc2n1. The van der Waals surface area contributed by atoms with Gasteiger partial charge in [-0.1, -0.05) is 0 Å². The molecule has 0 fully saturated rings. The van der Waals surface area contributed by atoms with Gasteiger partial charge in [0.2, 0.25) is 0 Å². The Kier molecular flexibility index (Phi) is 3.36. The summed E-state index contributed by atoms with van der Waals surface area (Å²) < 4.78 is 17.3. The number of carbonyl (C=O) groups excluding carboxylic acids is 1. The van der Waals surface area contributed by atoms with E-state index in [-0.39, 0.29) is 34.8 Å². The normalized spacial score (nSPS) is 13.5. The van der Waals surface area contributed by atoms with Crippen LogP contribution in [-0.4, -0.2) is 48.8 Å². The molecule has 0 bridgehead atoms. The fourth-order valence-corrected chi connectivity index (χ4v) is 3.14. The lowest BCUT2D eigenvalue weighted by molar-refractivity contribution is -0.129. The van der Waals surface area contributed by atoms with Crippen molar-refractivity contribution in [3.8, 4) is 11.3 Å². The first-order chi connectivity index (χ1) is 12.4. The number of nitrogens with two attached hydrogens (primary N) is 1. The van der Waals surface area contributed by atoms with Crippen LogP contribution in [0.15, 0.2) is 23.3 Å². The van der Waals surface area contributed by atoms with Gasteiger partial charge < -0.3 is 10.8 Å². The van der Waals surface area contributed by atoms with Crippen LogP contribution in [-0.2, 0) is 18.4 Å². The fourth-order valence-electron chi connectivity index (χ4n) is 3.14. The first-order valence-electron chi connectivity index (χ1n) is 7.69. The molecule has 0 saturated heterocycles. The molecule has 0 aliphatic carbocycles. The van der Waals surface area contributed by atoms with Gasteiger partial charge in [0.05, 0.1) is 29.6 Å². The topological polar surface area (TPSA) is 128 Å². The van der Waals surface area contributed by atoms with Crippen molar-refractivity contribution in [2.75, 3.05) is 6.54 Å². The zero-order chi connectivity index (χ0) is 18.6. The number of nitrogens with zero attached hydrogens (tertiary/aromatic N) is 5. The number of halogens is 1. The summed E-state index contributed by atoms with van der Waals surface area (Å²) in [6, 6.07) is 2.80. The summed E-state index contributed by atoms with van der Waals surface area (Å²) in [5.74, 6) is -2.68. The standard InChI is InChI=1S/C16H13FN6O3/c1-22-6-8-9(17)4-7(5-10(8)20-22)12-11(15(18)24)14-13(16(25)26)19-2-3-23(14)21-12/h4-6H,2-3H2,1H3,(H2,18,24)(H,25,26). The van der Waals surface area contributed by atoms with Gasteiger partial charge in [0.15, 0.2) is 5.71 Å². The minimum atomic E-state index is -1.29. The number of carboxylic acids is 1. The van der Waals surface area contributed by atoms with Crippen LogP contribution in [0.1, 0.15) is 16.1 Å². The minimum absolute atomic E-state index is 0.0350. The van der Waals surface area contributed by atoms with Crippen LogP contribution in [0.3, 0.4) is 0 Å². The number of benzene rings is 1. The van der Waals surface area contributed by atoms with E-state index >= 15 is 0 Å². The van der Waals surface area contributed by atoms with E-state index in [2.05, 4.69) is 15.2 Å². The maximum Gasteiger partial charge on any atom is 0.356 e. The molecule has 3 heterocycles. The van der Waals surface area contributed by atoms with Gasteiger partial charge >= 0.3 is 5.97 Å². The number of carbonyl (C=O) groups is 2. The number of carboxylic acid groups (broad SMARTS) is 1. The van der Waals surface area contributed by atoms with Crippen LogP contribution in [0, 0.1) is 5.82 Å². The van der Waals surface area contributed by atoms with Gasteiger partial charge in [-0.3, -0.25) is 19.2 Å². The largest absolute Gasteiger partial charge is 0.476 e. The van der Waals surface area contributed by atoms with E-state index in [4.69, 9.17) is 5.73 Å². The van der Waals surface area contributed by atoms with Gasteiger partial charge in [-0.05, 0) is 12.1 Å². The average Bonchev–Trinajstić information content (AvgIpc) is 3.14. The molecular weight excluding hydrogens is 343 g/mol. The van der Waals surface area contributed by atoms with Crippen molar-refractivity contribution in [3.63, 3.8) is 0 Å². The Morgan fingerprint density at radius 3 is 2.77 bits per heavy atom. The van der Waals surface area contributed by atoms with Crippen molar-refractivity contribution >= 4 is 28.5 Å². The Balaban J connectivity index is 2.00. The molecule has 1 amide bonds. The Labute approximate surface area is 145 Å². The summed E-state index contributed by atoms with van der Waals surface area (Å²) >= 11 is 0. The van der Waals surface area contributed by atoms with E-state index in [9.17, 15) is 19.1 Å². The van der Waals surface area contributed by atoms with Crippen LogP contribution in [0.2, 0.25) is 0 Å². The second kappa shape index (κ2) is 5.48. The minimum Gasteiger partial charge on any atom is -0.476 e. The van der Waals surface area contributed by atoms with E-state index in [0.717, 1.165) is 0 Å². The Hall–Kier alpha value is -3.56. The van der Waals surface area contributed by atoms with Crippen LogP contribution in [0.4, 0.5) is 4.39 Å². The number of aryl methyl sites for hydroxylation is 1. The van der Waals surface area contributed by atoms with Crippen molar-refractivity contribution in [3.05, 3.63) is 35.4 Å². The maximum atomic E-state index is 14.4. The van der Waals surface area contributed by atoms with Crippen molar-refractivity contribution in [2.24, 2.45) is 17.8 Å². The van der Waals surface area contributed by atoms with Gasteiger partial charge in [0.25, 0.3) is 5.91 Å². The molecule has 3 N–H and O–H groups in total. The molecule has 9 nitrogen and oxygen atoms in total. The molecule has 0 radical (unpaired) electrons. The highest BCUT2D eigenvalue weighted by Gasteiger charge is 2.31. The number of aliphatic carboxylic acids is 1. The van der Waals surface area contributed by atoms with E-state index in [1.54, 1.807) is 13.1 Å². The van der Waals surface area contributed by atoms with Gasteiger partial charge in [-0.25, -0.2) is 9.18 Å². The van der Waals surface area contributed by atoms with Crippen LogP contribution >= 0.6 is 0 Å². The van der Waals surface area contributed by atoms with Gasteiger partial charge in [-0.2, -0.15) is 10.2 Å². The van der Waals surface area contributed by atoms with Gasteiger partial charge in [0, 0.05) is 18.8 Å². The smallest absolute Gasteiger partial charge is 0.356 e.